The lowest BCUT2D eigenvalue weighted by Crippen LogP contribution is -2.53. The second-order valence-corrected chi connectivity index (χ2v) is 6.11. The van der Waals surface area contributed by atoms with Gasteiger partial charge in [0, 0.05) is 20.6 Å². The third-order valence-corrected chi connectivity index (χ3v) is 4.15. The van der Waals surface area contributed by atoms with Crippen LogP contribution in [0.1, 0.15) is 25.3 Å². The van der Waals surface area contributed by atoms with Gasteiger partial charge in [0.25, 0.3) is 0 Å². The molecular formula is C13H21NO3Si. The van der Waals surface area contributed by atoms with Crippen molar-refractivity contribution in [2.75, 3.05) is 14.2 Å². The second-order valence-electron chi connectivity index (χ2n) is 3.89. The maximum Gasteiger partial charge on any atom is 0.661 e. The molecule has 0 fully saturated rings. The molecule has 2 N–H and O–H groups in total. The highest BCUT2D eigenvalue weighted by molar-refractivity contribution is 6.57. The average molecular weight is 267 g/mol. The van der Waals surface area contributed by atoms with Crippen molar-refractivity contribution in [1.29, 1.82) is 0 Å². The quantitative estimate of drug-likeness (QED) is 0.609. The van der Waals surface area contributed by atoms with Gasteiger partial charge in [-0.05, 0) is 18.1 Å². The number of hydrogen-bond acceptors (Lipinski definition) is 4. The zero-order valence-corrected chi connectivity index (χ0v) is 12.2. The molecule has 4 nitrogen and oxygen atoms in total. The summed E-state index contributed by atoms with van der Waals surface area (Å²) in [5.74, 6) is 0.793. The Balaban J connectivity index is 2.86. The smallest absolute Gasteiger partial charge is 0.493 e. The van der Waals surface area contributed by atoms with Crippen molar-refractivity contribution in [3.63, 3.8) is 0 Å². The Bertz CT molecular complexity index is 377. The number of rotatable bonds is 7. The van der Waals surface area contributed by atoms with Gasteiger partial charge in [-0.2, -0.15) is 0 Å². The Morgan fingerprint density at radius 1 is 1.22 bits per heavy atom. The monoisotopic (exact) mass is 267 g/mol. The summed E-state index contributed by atoms with van der Waals surface area (Å²) in [6.45, 7) is 2.08. The van der Waals surface area contributed by atoms with Gasteiger partial charge in [-0.3, -0.25) is 5.40 Å². The van der Waals surface area contributed by atoms with E-state index in [0.29, 0.717) is 0 Å². The summed E-state index contributed by atoms with van der Waals surface area (Å²) >= 11 is 0. The van der Waals surface area contributed by atoms with Crippen LogP contribution in [-0.4, -0.2) is 23.2 Å². The van der Waals surface area contributed by atoms with Gasteiger partial charge in [0.2, 0.25) is 0 Å². The zero-order valence-electron chi connectivity index (χ0n) is 11.2. The van der Waals surface area contributed by atoms with Crippen molar-refractivity contribution in [3.8, 4) is 0 Å². The van der Waals surface area contributed by atoms with Crippen molar-refractivity contribution in [2.24, 2.45) is 5.40 Å². The highest BCUT2D eigenvalue weighted by atomic mass is 28.4. The summed E-state index contributed by atoms with van der Waals surface area (Å²) < 4.78 is 16.0. The topological polar surface area (TPSA) is 53.7 Å². The van der Waals surface area contributed by atoms with E-state index in [-0.39, 0.29) is 0 Å². The van der Waals surface area contributed by atoms with Crippen molar-refractivity contribution in [2.45, 2.75) is 19.8 Å². The molecule has 0 saturated carbocycles. The molecule has 0 bridgehead atoms. The number of benzene rings is 1. The maximum absolute atomic E-state index is 5.91. The molecule has 1 aromatic rings. The van der Waals surface area contributed by atoms with E-state index in [1.165, 1.54) is 14.2 Å². The van der Waals surface area contributed by atoms with Crippen LogP contribution in [0.3, 0.4) is 0 Å². The van der Waals surface area contributed by atoms with Crippen LogP contribution in [-0.2, 0) is 13.3 Å². The normalized spacial score (nSPS) is 12.6. The van der Waals surface area contributed by atoms with Gasteiger partial charge in [0.1, 0.15) is 0 Å². The summed E-state index contributed by atoms with van der Waals surface area (Å²) in [4.78, 5) is 0. The molecule has 0 unspecified atom stereocenters. The van der Waals surface area contributed by atoms with Crippen LogP contribution in [0.2, 0.25) is 0 Å². The minimum atomic E-state index is -3.02. The molecule has 0 aliphatic carbocycles. The van der Waals surface area contributed by atoms with Crippen LogP contribution < -0.4 is 5.40 Å². The Labute approximate surface area is 110 Å². The molecule has 0 radical (unpaired) electrons. The Kier molecular flexibility index (Phi) is 6.07. The number of allylic oxidation sites excluding steroid dienone is 1. The molecule has 0 aliphatic rings. The molecule has 1 aromatic carbocycles. The molecule has 0 amide bonds. The number of hydrogen-bond donors (Lipinski definition) is 1. The van der Waals surface area contributed by atoms with E-state index in [9.17, 15) is 0 Å². The fraction of sp³-hybridized carbons (Fsp3) is 0.385. The van der Waals surface area contributed by atoms with Gasteiger partial charge in [0.15, 0.2) is 0 Å². The van der Waals surface area contributed by atoms with Gasteiger partial charge < -0.3 is 13.3 Å². The highest BCUT2D eigenvalue weighted by Gasteiger charge is 2.37. The molecular weight excluding hydrogens is 246 g/mol. The van der Waals surface area contributed by atoms with Crippen LogP contribution in [0.4, 0.5) is 0 Å². The van der Waals surface area contributed by atoms with Gasteiger partial charge >= 0.3 is 8.97 Å². The highest BCUT2D eigenvalue weighted by Crippen LogP contribution is 2.16. The van der Waals surface area contributed by atoms with Crippen LogP contribution in [0.25, 0.3) is 6.08 Å². The van der Waals surface area contributed by atoms with Gasteiger partial charge in [-0.15, -0.1) is 0 Å². The molecule has 5 heteroatoms. The van der Waals surface area contributed by atoms with E-state index >= 15 is 0 Å². The van der Waals surface area contributed by atoms with Crippen LogP contribution in [0.15, 0.2) is 36.1 Å². The van der Waals surface area contributed by atoms with Crippen molar-refractivity contribution in [3.05, 3.63) is 41.7 Å². The zero-order chi connectivity index (χ0) is 13.4. The van der Waals surface area contributed by atoms with Crippen molar-refractivity contribution in [1.82, 2.24) is 0 Å². The molecule has 0 aliphatic heterocycles. The Hall–Kier alpha value is -1.14. The average Bonchev–Trinajstić information content (AvgIpc) is 2.40. The summed E-state index contributed by atoms with van der Waals surface area (Å²) in [6, 6.07) is 9.96. The third kappa shape index (κ3) is 4.62. The lowest BCUT2D eigenvalue weighted by Gasteiger charge is -2.23. The molecule has 18 heavy (non-hydrogen) atoms. The minimum absolute atomic E-state index is 0.793. The summed E-state index contributed by atoms with van der Waals surface area (Å²) in [5, 5.41) is 5.91. The fourth-order valence-corrected chi connectivity index (χ4v) is 2.34. The molecule has 0 spiro atoms. The standard InChI is InChI=1S/C13H21NO3Si/c1-4-8-13(17-18(14,15-2)16-3)11-12-9-6-5-7-10-12/h5-7,9-11H,4,8,14H2,1-3H3. The van der Waals surface area contributed by atoms with Gasteiger partial charge in [-0.25, -0.2) is 0 Å². The van der Waals surface area contributed by atoms with Crippen LogP contribution in [0.5, 0.6) is 0 Å². The molecule has 0 aromatic heterocycles. The fourth-order valence-electron chi connectivity index (χ4n) is 1.48. The predicted octanol–water partition coefficient (Wildman–Crippen LogP) is 2.53. The first-order chi connectivity index (χ1) is 8.63. The molecule has 1 rings (SSSR count). The minimum Gasteiger partial charge on any atom is -0.493 e. The van der Waals surface area contributed by atoms with Crippen LogP contribution in [0, 0.1) is 0 Å². The van der Waals surface area contributed by atoms with E-state index in [1.54, 1.807) is 0 Å². The Morgan fingerprint density at radius 2 is 1.83 bits per heavy atom. The van der Waals surface area contributed by atoms with E-state index in [4.69, 9.17) is 18.7 Å². The first-order valence-corrected chi connectivity index (χ1v) is 7.77. The van der Waals surface area contributed by atoms with Crippen molar-refractivity contribution >= 4 is 15.0 Å². The lowest BCUT2D eigenvalue weighted by atomic mass is 10.2. The summed E-state index contributed by atoms with van der Waals surface area (Å²) in [7, 11) is -0.0162. The van der Waals surface area contributed by atoms with E-state index in [1.807, 2.05) is 36.4 Å². The van der Waals surface area contributed by atoms with Gasteiger partial charge in [-0.1, -0.05) is 37.3 Å². The SMILES string of the molecule is CCCC(=Cc1ccccc1)O[Si](N)(OC)OC. The predicted molar refractivity (Wildman–Crippen MR) is 74.4 cm³/mol. The lowest BCUT2D eigenvalue weighted by molar-refractivity contribution is 0.128. The summed E-state index contributed by atoms with van der Waals surface area (Å²) in [6.07, 6.45) is 3.74. The maximum atomic E-state index is 5.91. The largest absolute Gasteiger partial charge is 0.661 e. The summed E-state index contributed by atoms with van der Waals surface area (Å²) in [5.41, 5.74) is 1.07. The first-order valence-electron chi connectivity index (χ1n) is 5.97. The molecule has 100 valence electrons. The van der Waals surface area contributed by atoms with E-state index in [0.717, 1.165) is 24.2 Å². The van der Waals surface area contributed by atoms with Crippen molar-refractivity contribution < 1.29 is 13.3 Å². The molecule has 0 atom stereocenters. The molecule has 0 heterocycles. The number of nitrogens with two attached hydrogens (primary N) is 1. The Morgan fingerprint density at radius 3 is 2.33 bits per heavy atom. The van der Waals surface area contributed by atoms with Crippen LogP contribution >= 0.6 is 0 Å². The van der Waals surface area contributed by atoms with E-state index in [2.05, 4.69) is 6.92 Å². The molecule has 0 saturated heterocycles. The van der Waals surface area contributed by atoms with Gasteiger partial charge in [0.05, 0.1) is 5.76 Å². The first kappa shape index (κ1) is 14.9. The third-order valence-electron chi connectivity index (χ3n) is 2.47. The van der Waals surface area contributed by atoms with E-state index < -0.39 is 8.97 Å². The second kappa shape index (κ2) is 7.33.